The Morgan fingerprint density at radius 1 is 1.30 bits per heavy atom. The maximum Gasteiger partial charge on any atom is 0.347 e. The highest BCUT2D eigenvalue weighted by Crippen LogP contribution is 2.41. The van der Waals surface area contributed by atoms with Crippen molar-refractivity contribution in [3.8, 4) is 0 Å². The Balaban J connectivity index is 1.56. The van der Waals surface area contributed by atoms with Crippen LogP contribution in [0.15, 0.2) is 30.3 Å². The number of nitrogens with one attached hydrogen (secondary N) is 1. The number of rotatable bonds is 6. The molecule has 3 aliphatic rings. The minimum Gasteiger partial charge on any atom is -0.368 e. The molecule has 4 amide bonds. The van der Waals surface area contributed by atoms with Gasteiger partial charge in [0.25, 0.3) is 0 Å². The van der Waals surface area contributed by atoms with Crippen LogP contribution in [0, 0.1) is 0 Å². The number of hydrogen-bond donors (Lipinski definition) is 2. The fraction of sp³-hybridized carbons (Fsp3) is 0.500. The summed E-state index contributed by atoms with van der Waals surface area (Å²) < 4.78 is 6.20. The van der Waals surface area contributed by atoms with Crippen molar-refractivity contribution in [2.45, 2.75) is 43.7 Å². The van der Waals surface area contributed by atoms with E-state index in [0.29, 0.717) is 19.4 Å². The fourth-order valence-electron chi connectivity index (χ4n) is 3.93. The number of nitrogens with zero attached hydrogens (tertiary/aromatic N) is 2. The van der Waals surface area contributed by atoms with Crippen LogP contribution in [-0.2, 0) is 25.8 Å². The van der Waals surface area contributed by atoms with Gasteiger partial charge in [-0.2, -0.15) is 5.06 Å². The third-order valence-corrected chi connectivity index (χ3v) is 5.25. The van der Waals surface area contributed by atoms with Gasteiger partial charge in [0, 0.05) is 13.0 Å². The van der Waals surface area contributed by atoms with E-state index in [4.69, 9.17) is 15.3 Å². The van der Waals surface area contributed by atoms with Gasteiger partial charge in [-0.25, -0.2) is 4.79 Å². The highest BCUT2D eigenvalue weighted by Gasteiger charge is 2.59. The third-order valence-electron chi connectivity index (χ3n) is 5.25. The summed E-state index contributed by atoms with van der Waals surface area (Å²) >= 11 is 0. The van der Waals surface area contributed by atoms with Crippen molar-refractivity contribution in [3.05, 3.63) is 35.9 Å². The monoisotopic (exact) mass is 374 g/mol. The van der Waals surface area contributed by atoms with Gasteiger partial charge in [-0.05, 0) is 12.0 Å². The summed E-state index contributed by atoms with van der Waals surface area (Å²) in [5, 5.41) is 3.96. The van der Waals surface area contributed by atoms with Gasteiger partial charge in [-0.3, -0.25) is 14.4 Å². The second kappa shape index (κ2) is 6.82. The van der Waals surface area contributed by atoms with Crippen LogP contribution in [0.4, 0.5) is 4.79 Å². The molecule has 0 aromatic heterocycles. The van der Waals surface area contributed by atoms with Crippen LogP contribution in [0.2, 0.25) is 0 Å². The van der Waals surface area contributed by atoms with E-state index < -0.39 is 23.7 Å². The van der Waals surface area contributed by atoms with Crippen LogP contribution in [0.25, 0.3) is 0 Å². The lowest BCUT2D eigenvalue weighted by atomic mass is 9.97. The van der Waals surface area contributed by atoms with Gasteiger partial charge in [0.15, 0.2) is 5.72 Å². The molecule has 3 atom stereocenters. The topological polar surface area (TPSA) is 114 Å². The van der Waals surface area contributed by atoms with E-state index in [9.17, 15) is 14.4 Å². The van der Waals surface area contributed by atoms with Crippen molar-refractivity contribution in [2.24, 2.45) is 5.73 Å². The molecule has 9 heteroatoms. The second-order valence-corrected chi connectivity index (χ2v) is 7.11. The molecular formula is C18H22N4O5. The van der Waals surface area contributed by atoms with Gasteiger partial charge in [-0.1, -0.05) is 30.3 Å². The minimum atomic E-state index is -1.03. The van der Waals surface area contributed by atoms with Crippen LogP contribution in [0.5, 0.6) is 0 Å². The maximum atomic E-state index is 12.9. The minimum absolute atomic E-state index is 0.0832. The van der Waals surface area contributed by atoms with Gasteiger partial charge in [0.05, 0.1) is 19.1 Å². The molecule has 3 fully saturated rings. The van der Waals surface area contributed by atoms with Crippen LogP contribution in [0.1, 0.15) is 24.8 Å². The summed E-state index contributed by atoms with van der Waals surface area (Å²) in [6.07, 6.45) is 0.683. The van der Waals surface area contributed by atoms with E-state index in [1.807, 2.05) is 30.3 Å². The van der Waals surface area contributed by atoms with Gasteiger partial charge in [0.2, 0.25) is 11.8 Å². The summed E-state index contributed by atoms with van der Waals surface area (Å²) in [7, 11) is 0. The lowest BCUT2D eigenvalue weighted by Crippen LogP contribution is -2.55. The van der Waals surface area contributed by atoms with Crippen molar-refractivity contribution < 1.29 is 24.0 Å². The van der Waals surface area contributed by atoms with E-state index in [2.05, 4.69) is 5.32 Å². The molecule has 144 valence electrons. The van der Waals surface area contributed by atoms with Crippen molar-refractivity contribution in [2.75, 3.05) is 13.1 Å². The number of piperidine rings is 1. The van der Waals surface area contributed by atoms with Gasteiger partial charge in [0.1, 0.15) is 12.6 Å². The largest absolute Gasteiger partial charge is 0.368 e. The number of ether oxygens (including phenoxy) is 1. The molecule has 0 radical (unpaired) electrons. The molecule has 4 rings (SSSR count). The van der Waals surface area contributed by atoms with Crippen molar-refractivity contribution >= 4 is 17.8 Å². The van der Waals surface area contributed by atoms with Crippen LogP contribution < -0.4 is 11.1 Å². The molecule has 1 unspecified atom stereocenters. The van der Waals surface area contributed by atoms with Crippen molar-refractivity contribution in [1.82, 2.24) is 15.3 Å². The molecule has 27 heavy (non-hydrogen) atoms. The number of benzene rings is 1. The number of amides is 4. The summed E-state index contributed by atoms with van der Waals surface area (Å²) in [6.45, 7) is 0.758. The Hall–Kier alpha value is -2.65. The number of urea groups is 1. The first-order valence-corrected chi connectivity index (χ1v) is 9.00. The Kier molecular flexibility index (Phi) is 4.48. The van der Waals surface area contributed by atoms with E-state index >= 15 is 0 Å². The maximum absolute atomic E-state index is 12.9. The normalized spacial score (nSPS) is 29.9. The standard InChI is InChI=1S/C18H22N4O5/c19-16(24)14-6-7-18(27-13-8-15(23)20-9-13)11-21(14)17(25)22(18)26-10-12-4-2-1-3-5-12/h1-5,13-14H,6-11H2,(H2,19,24)(H,20,23)/t13-,14+,18?/m1/s1. The van der Waals surface area contributed by atoms with Crippen LogP contribution in [-0.4, -0.2) is 58.8 Å². The van der Waals surface area contributed by atoms with Crippen molar-refractivity contribution in [1.29, 1.82) is 0 Å². The van der Waals surface area contributed by atoms with Gasteiger partial charge in [-0.15, -0.1) is 0 Å². The predicted octanol–water partition coefficient (Wildman–Crippen LogP) is 0.105. The average molecular weight is 374 g/mol. The molecule has 1 aromatic rings. The zero-order chi connectivity index (χ0) is 19.0. The van der Waals surface area contributed by atoms with Crippen LogP contribution in [0.3, 0.4) is 0 Å². The predicted molar refractivity (Wildman–Crippen MR) is 92.6 cm³/mol. The van der Waals surface area contributed by atoms with E-state index in [1.54, 1.807) is 0 Å². The highest BCUT2D eigenvalue weighted by molar-refractivity contribution is 5.87. The Morgan fingerprint density at radius 3 is 2.74 bits per heavy atom. The molecule has 3 N–H and O–H groups in total. The third kappa shape index (κ3) is 3.24. The number of hydroxylamine groups is 2. The first kappa shape index (κ1) is 17.7. The molecule has 9 nitrogen and oxygen atoms in total. The Labute approximate surface area is 156 Å². The molecule has 0 spiro atoms. The average Bonchev–Trinajstić information content (AvgIpc) is 3.14. The molecule has 0 saturated carbocycles. The Bertz CT molecular complexity index is 757. The zero-order valence-corrected chi connectivity index (χ0v) is 14.8. The molecule has 3 aliphatic heterocycles. The number of hydrogen-bond acceptors (Lipinski definition) is 5. The quantitative estimate of drug-likeness (QED) is 0.733. The lowest BCUT2D eigenvalue weighted by Gasteiger charge is -2.39. The van der Waals surface area contributed by atoms with Crippen LogP contribution >= 0.6 is 0 Å². The molecule has 0 aliphatic carbocycles. The SMILES string of the molecule is NC(=O)[C@@H]1CCC2(O[C@H]3CNC(=O)C3)CN1C(=O)N2OCc1ccccc1. The number of fused-ring (bicyclic) bond motifs is 2. The van der Waals surface area contributed by atoms with Crippen molar-refractivity contribution in [3.63, 3.8) is 0 Å². The van der Waals surface area contributed by atoms with E-state index in [0.717, 1.165) is 5.56 Å². The first-order chi connectivity index (χ1) is 13.0. The zero-order valence-electron chi connectivity index (χ0n) is 14.8. The number of carbonyl (C=O) groups is 3. The van der Waals surface area contributed by atoms with Gasteiger partial charge >= 0.3 is 6.03 Å². The van der Waals surface area contributed by atoms with Gasteiger partial charge < -0.3 is 20.7 Å². The smallest absolute Gasteiger partial charge is 0.347 e. The molecule has 3 saturated heterocycles. The molecule has 2 bridgehead atoms. The summed E-state index contributed by atoms with van der Waals surface area (Å²) in [6, 6.07) is 8.34. The summed E-state index contributed by atoms with van der Waals surface area (Å²) in [5.74, 6) is -0.625. The highest BCUT2D eigenvalue weighted by atomic mass is 16.7. The number of nitrogens with two attached hydrogens (primary N) is 1. The Morgan fingerprint density at radius 2 is 2.07 bits per heavy atom. The number of carbonyl (C=O) groups excluding carboxylic acids is 3. The van der Waals surface area contributed by atoms with E-state index in [-0.39, 0.29) is 31.6 Å². The fourth-order valence-corrected chi connectivity index (χ4v) is 3.93. The molecule has 1 aromatic carbocycles. The summed E-state index contributed by atoms with van der Waals surface area (Å²) in [5.41, 5.74) is 5.33. The first-order valence-electron chi connectivity index (χ1n) is 9.00. The lowest BCUT2D eigenvalue weighted by molar-refractivity contribution is -0.280. The number of primary amides is 1. The van der Waals surface area contributed by atoms with E-state index in [1.165, 1.54) is 9.96 Å². The molecule has 3 heterocycles. The second-order valence-electron chi connectivity index (χ2n) is 7.11. The summed E-state index contributed by atoms with van der Waals surface area (Å²) in [4.78, 5) is 43.4. The molecular weight excluding hydrogens is 352 g/mol.